The Balaban J connectivity index is 2.91. The van der Waals surface area contributed by atoms with E-state index in [0.717, 1.165) is 0 Å². The first-order valence-corrected chi connectivity index (χ1v) is 5.63. The standard InChI is InChI=1S/C12H11F4NO3/c1-2-5(12(19)20)4-17-11(18)6-3-7(13)9(15)10(16)8(6)14/h3,5H,2,4H2,1H3,(H,17,18)(H,19,20). The van der Waals surface area contributed by atoms with E-state index >= 15 is 0 Å². The van der Waals surface area contributed by atoms with Gasteiger partial charge in [0.2, 0.25) is 0 Å². The second-order valence-corrected chi connectivity index (χ2v) is 4.00. The van der Waals surface area contributed by atoms with Gasteiger partial charge < -0.3 is 10.4 Å². The van der Waals surface area contributed by atoms with Crippen molar-refractivity contribution < 1.29 is 32.3 Å². The normalized spacial score (nSPS) is 12.1. The second kappa shape index (κ2) is 6.36. The van der Waals surface area contributed by atoms with Gasteiger partial charge in [-0.05, 0) is 12.5 Å². The maximum atomic E-state index is 13.3. The van der Waals surface area contributed by atoms with Gasteiger partial charge in [0.05, 0.1) is 11.5 Å². The first-order chi connectivity index (χ1) is 9.29. The predicted octanol–water partition coefficient (Wildman–Crippen LogP) is 2.08. The molecule has 0 bridgehead atoms. The van der Waals surface area contributed by atoms with Gasteiger partial charge in [0.15, 0.2) is 23.3 Å². The zero-order valence-electron chi connectivity index (χ0n) is 10.3. The number of carbonyl (C=O) groups is 2. The Bertz CT molecular complexity index is 548. The van der Waals surface area contributed by atoms with Crippen molar-refractivity contribution >= 4 is 11.9 Å². The third-order valence-electron chi connectivity index (χ3n) is 2.70. The molecule has 20 heavy (non-hydrogen) atoms. The molecule has 1 atom stereocenters. The van der Waals surface area contributed by atoms with Crippen molar-refractivity contribution in [2.75, 3.05) is 6.54 Å². The fraction of sp³-hybridized carbons (Fsp3) is 0.333. The van der Waals surface area contributed by atoms with Crippen LogP contribution < -0.4 is 5.32 Å². The lowest BCUT2D eigenvalue weighted by molar-refractivity contribution is -0.141. The molecule has 0 saturated carbocycles. The third-order valence-corrected chi connectivity index (χ3v) is 2.70. The first kappa shape index (κ1) is 15.9. The van der Waals surface area contributed by atoms with Gasteiger partial charge in [0, 0.05) is 6.54 Å². The van der Waals surface area contributed by atoms with Gasteiger partial charge in [-0.25, -0.2) is 17.6 Å². The molecule has 0 aliphatic heterocycles. The van der Waals surface area contributed by atoms with Crippen molar-refractivity contribution in [1.29, 1.82) is 0 Å². The molecule has 1 amide bonds. The quantitative estimate of drug-likeness (QED) is 0.496. The van der Waals surface area contributed by atoms with Crippen molar-refractivity contribution in [3.05, 3.63) is 34.9 Å². The lowest BCUT2D eigenvalue weighted by atomic mass is 10.1. The van der Waals surface area contributed by atoms with Crippen LogP contribution >= 0.6 is 0 Å². The fourth-order valence-electron chi connectivity index (χ4n) is 1.46. The monoisotopic (exact) mass is 293 g/mol. The average molecular weight is 293 g/mol. The van der Waals surface area contributed by atoms with Crippen LogP contribution in [0.25, 0.3) is 0 Å². The van der Waals surface area contributed by atoms with E-state index in [0.29, 0.717) is 0 Å². The molecule has 0 fully saturated rings. The third kappa shape index (κ3) is 3.25. The molecule has 0 saturated heterocycles. The van der Waals surface area contributed by atoms with Crippen molar-refractivity contribution in [3.63, 3.8) is 0 Å². The molecule has 1 aromatic rings. The molecule has 0 aromatic heterocycles. The number of carboxylic acid groups (broad SMARTS) is 1. The van der Waals surface area contributed by atoms with Crippen LogP contribution in [-0.2, 0) is 4.79 Å². The molecule has 2 N–H and O–H groups in total. The highest BCUT2D eigenvalue weighted by Gasteiger charge is 2.24. The highest BCUT2D eigenvalue weighted by molar-refractivity contribution is 5.94. The van der Waals surface area contributed by atoms with Crippen molar-refractivity contribution in [2.45, 2.75) is 13.3 Å². The molecule has 4 nitrogen and oxygen atoms in total. The number of halogens is 4. The van der Waals surface area contributed by atoms with Gasteiger partial charge in [0.1, 0.15) is 0 Å². The Morgan fingerprint density at radius 3 is 2.30 bits per heavy atom. The molecular weight excluding hydrogens is 282 g/mol. The molecule has 1 rings (SSSR count). The lowest BCUT2D eigenvalue weighted by Crippen LogP contribution is -2.33. The van der Waals surface area contributed by atoms with E-state index in [2.05, 4.69) is 0 Å². The Hall–Kier alpha value is -2.12. The van der Waals surface area contributed by atoms with Crippen LogP contribution in [0.5, 0.6) is 0 Å². The molecule has 1 aromatic carbocycles. The molecular formula is C12H11F4NO3. The fourth-order valence-corrected chi connectivity index (χ4v) is 1.46. The maximum Gasteiger partial charge on any atom is 0.308 e. The zero-order chi connectivity index (χ0) is 15.4. The molecule has 0 radical (unpaired) electrons. The molecule has 1 unspecified atom stereocenters. The van der Waals surface area contributed by atoms with Crippen LogP contribution in [0.2, 0.25) is 0 Å². The van der Waals surface area contributed by atoms with E-state index in [1.165, 1.54) is 0 Å². The van der Waals surface area contributed by atoms with Crippen molar-refractivity contribution in [3.8, 4) is 0 Å². The number of hydrogen-bond donors (Lipinski definition) is 2. The highest BCUT2D eigenvalue weighted by Crippen LogP contribution is 2.18. The summed E-state index contributed by atoms with van der Waals surface area (Å²) >= 11 is 0. The van der Waals surface area contributed by atoms with Gasteiger partial charge in [-0.1, -0.05) is 6.92 Å². The second-order valence-electron chi connectivity index (χ2n) is 4.00. The minimum Gasteiger partial charge on any atom is -0.481 e. The van der Waals surface area contributed by atoms with Crippen molar-refractivity contribution in [1.82, 2.24) is 5.32 Å². The van der Waals surface area contributed by atoms with Crippen molar-refractivity contribution in [2.24, 2.45) is 5.92 Å². The van der Waals surface area contributed by atoms with E-state index in [-0.39, 0.29) is 19.0 Å². The van der Waals surface area contributed by atoms with Gasteiger partial charge in [0.25, 0.3) is 5.91 Å². The summed E-state index contributed by atoms with van der Waals surface area (Å²) in [6, 6.07) is 0.213. The minimum atomic E-state index is -2.10. The summed E-state index contributed by atoms with van der Waals surface area (Å²) in [5, 5.41) is 10.8. The lowest BCUT2D eigenvalue weighted by Gasteiger charge is -2.11. The smallest absolute Gasteiger partial charge is 0.308 e. The van der Waals surface area contributed by atoms with E-state index in [9.17, 15) is 27.2 Å². The molecule has 110 valence electrons. The van der Waals surface area contributed by atoms with Crippen LogP contribution in [-0.4, -0.2) is 23.5 Å². The van der Waals surface area contributed by atoms with Gasteiger partial charge in [-0.3, -0.25) is 9.59 Å². The Morgan fingerprint density at radius 2 is 1.80 bits per heavy atom. The Labute approximate surface area is 111 Å². The minimum absolute atomic E-state index is 0.199. The largest absolute Gasteiger partial charge is 0.481 e. The molecule has 0 aliphatic carbocycles. The topological polar surface area (TPSA) is 66.4 Å². The van der Waals surface area contributed by atoms with Gasteiger partial charge >= 0.3 is 5.97 Å². The van der Waals surface area contributed by atoms with Crippen LogP contribution in [0.15, 0.2) is 6.07 Å². The number of nitrogens with one attached hydrogen (secondary N) is 1. The summed E-state index contributed by atoms with van der Waals surface area (Å²) < 4.78 is 51.9. The van der Waals surface area contributed by atoms with E-state index in [1.807, 2.05) is 5.32 Å². The maximum absolute atomic E-state index is 13.3. The summed E-state index contributed by atoms with van der Waals surface area (Å²) in [4.78, 5) is 22.2. The predicted molar refractivity (Wildman–Crippen MR) is 60.0 cm³/mol. The number of amides is 1. The number of aliphatic carboxylic acids is 1. The first-order valence-electron chi connectivity index (χ1n) is 5.63. The summed E-state index contributed by atoms with van der Waals surface area (Å²) in [6.07, 6.45) is 0.199. The number of rotatable bonds is 5. The highest BCUT2D eigenvalue weighted by atomic mass is 19.2. The van der Waals surface area contributed by atoms with Gasteiger partial charge in [-0.15, -0.1) is 0 Å². The van der Waals surface area contributed by atoms with Crippen LogP contribution in [0, 0.1) is 29.2 Å². The van der Waals surface area contributed by atoms with Crippen LogP contribution in [0.4, 0.5) is 17.6 Å². The summed E-state index contributed by atoms with van der Waals surface area (Å²) in [6.45, 7) is 1.22. The number of carbonyl (C=O) groups excluding carboxylic acids is 1. The van der Waals surface area contributed by atoms with Crippen LogP contribution in [0.1, 0.15) is 23.7 Å². The number of benzene rings is 1. The SMILES string of the molecule is CCC(CNC(=O)c1cc(F)c(F)c(F)c1F)C(=O)O. The number of carboxylic acids is 1. The van der Waals surface area contributed by atoms with E-state index in [1.54, 1.807) is 6.92 Å². The Morgan fingerprint density at radius 1 is 1.20 bits per heavy atom. The summed E-state index contributed by atoms with van der Waals surface area (Å²) in [5.74, 6) is -11.0. The van der Waals surface area contributed by atoms with E-state index < -0.39 is 46.6 Å². The summed E-state index contributed by atoms with van der Waals surface area (Å²) in [5.41, 5.74) is -1.03. The summed E-state index contributed by atoms with van der Waals surface area (Å²) in [7, 11) is 0. The van der Waals surface area contributed by atoms with Gasteiger partial charge in [-0.2, -0.15) is 0 Å². The average Bonchev–Trinajstić information content (AvgIpc) is 2.40. The van der Waals surface area contributed by atoms with E-state index in [4.69, 9.17) is 5.11 Å². The zero-order valence-corrected chi connectivity index (χ0v) is 10.3. The molecule has 8 heteroatoms. The molecule has 0 spiro atoms. The molecule has 0 aliphatic rings. The Kier molecular flexibility index (Phi) is 5.06. The molecule has 0 heterocycles. The number of hydrogen-bond acceptors (Lipinski definition) is 2. The van der Waals surface area contributed by atoms with Crippen LogP contribution in [0.3, 0.4) is 0 Å².